The molecule has 1 aliphatic rings. The van der Waals surface area contributed by atoms with Crippen molar-refractivity contribution in [3.05, 3.63) is 16.0 Å². The number of aryl methyl sites for hydroxylation is 1. The topological polar surface area (TPSA) is 99.0 Å². The van der Waals surface area contributed by atoms with Crippen LogP contribution in [0.1, 0.15) is 48.0 Å². The fourth-order valence-electron chi connectivity index (χ4n) is 2.96. The van der Waals surface area contributed by atoms with Crippen molar-refractivity contribution in [3.63, 3.8) is 0 Å². The van der Waals surface area contributed by atoms with Gasteiger partial charge in [0.25, 0.3) is 0 Å². The first-order valence-corrected chi connectivity index (χ1v) is 10.8. The normalized spacial score (nSPS) is 13.0. The summed E-state index contributed by atoms with van der Waals surface area (Å²) in [6.07, 6.45) is 2.84. The van der Waals surface area contributed by atoms with Crippen molar-refractivity contribution in [2.24, 2.45) is 5.92 Å². The van der Waals surface area contributed by atoms with Crippen molar-refractivity contribution in [2.45, 2.75) is 51.7 Å². The maximum atomic E-state index is 12.4. The minimum Gasteiger partial charge on any atom is -0.462 e. The van der Waals surface area contributed by atoms with Crippen LogP contribution in [0, 0.1) is 5.92 Å². The molecule has 2 aromatic rings. The number of fused-ring (bicyclic) bond motifs is 1. The Hall–Kier alpha value is -1.94. The SMILES string of the molecule is CCOC(=O)c1c(NC(=O)CSc2nnnn2CC(C)C)sc2c1CCC2. The average molecular weight is 410 g/mol. The van der Waals surface area contributed by atoms with E-state index in [1.165, 1.54) is 28.0 Å². The molecule has 0 saturated carbocycles. The highest BCUT2D eigenvalue weighted by atomic mass is 32.2. The average Bonchev–Trinajstić information content (AvgIpc) is 3.28. The number of ether oxygens (including phenoxy) is 1. The lowest BCUT2D eigenvalue weighted by Crippen LogP contribution is -2.17. The summed E-state index contributed by atoms with van der Waals surface area (Å²) in [6, 6.07) is 0. The molecular formula is C17H23N5O3S2. The molecule has 0 saturated heterocycles. The Labute approximate surface area is 166 Å². The van der Waals surface area contributed by atoms with Crippen LogP contribution >= 0.6 is 23.1 Å². The lowest BCUT2D eigenvalue weighted by Gasteiger charge is -2.08. The van der Waals surface area contributed by atoms with Gasteiger partial charge in [0.1, 0.15) is 5.00 Å². The van der Waals surface area contributed by atoms with Crippen molar-refractivity contribution in [2.75, 3.05) is 17.7 Å². The van der Waals surface area contributed by atoms with E-state index in [2.05, 4.69) is 34.7 Å². The fraction of sp³-hybridized carbons (Fsp3) is 0.588. The number of esters is 1. The molecule has 0 atom stereocenters. The van der Waals surface area contributed by atoms with E-state index in [0.717, 1.165) is 24.8 Å². The number of thiophene rings is 1. The molecule has 146 valence electrons. The van der Waals surface area contributed by atoms with Crippen LogP contribution in [0.2, 0.25) is 0 Å². The summed E-state index contributed by atoms with van der Waals surface area (Å²) < 4.78 is 6.89. The van der Waals surface area contributed by atoms with E-state index in [4.69, 9.17) is 4.74 Å². The molecule has 0 aromatic carbocycles. The number of aromatic nitrogens is 4. The zero-order valence-corrected chi connectivity index (χ0v) is 17.3. The van der Waals surface area contributed by atoms with E-state index in [1.54, 1.807) is 11.6 Å². The Bertz CT molecular complexity index is 831. The summed E-state index contributed by atoms with van der Waals surface area (Å²) in [7, 11) is 0. The number of thioether (sulfide) groups is 1. The predicted octanol–water partition coefficient (Wildman–Crippen LogP) is 2.79. The molecule has 1 N–H and O–H groups in total. The van der Waals surface area contributed by atoms with Crippen LogP contribution in [0.15, 0.2) is 5.16 Å². The Morgan fingerprint density at radius 1 is 1.37 bits per heavy atom. The standard InChI is InChI=1S/C17H23N5O3S2/c1-4-25-16(24)14-11-6-5-7-12(11)27-15(14)18-13(23)9-26-17-19-20-21-22(17)8-10(2)3/h10H,4-9H2,1-3H3,(H,18,23). The molecule has 0 unspecified atom stereocenters. The third-order valence-corrected chi connectivity index (χ3v) is 6.19. The number of hydrogen-bond acceptors (Lipinski definition) is 8. The van der Waals surface area contributed by atoms with Crippen molar-refractivity contribution in [1.82, 2.24) is 20.2 Å². The van der Waals surface area contributed by atoms with Gasteiger partial charge in [0.05, 0.1) is 17.9 Å². The number of anilines is 1. The molecule has 0 bridgehead atoms. The van der Waals surface area contributed by atoms with Gasteiger partial charge in [-0.1, -0.05) is 25.6 Å². The summed E-state index contributed by atoms with van der Waals surface area (Å²) in [5.41, 5.74) is 1.56. The lowest BCUT2D eigenvalue weighted by atomic mass is 10.1. The summed E-state index contributed by atoms with van der Waals surface area (Å²) >= 11 is 2.76. The van der Waals surface area contributed by atoms with E-state index >= 15 is 0 Å². The third kappa shape index (κ3) is 4.67. The van der Waals surface area contributed by atoms with Crippen molar-refractivity contribution in [3.8, 4) is 0 Å². The molecule has 2 aromatic heterocycles. The summed E-state index contributed by atoms with van der Waals surface area (Å²) in [4.78, 5) is 26.0. The van der Waals surface area contributed by atoms with Crippen molar-refractivity contribution >= 4 is 40.0 Å². The molecule has 2 heterocycles. The number of nitrogens with one attached hydrogen (secondary N) is 1. The van der Waals surface area contributed by atoms with Gasteiger partial charge in [-0.3, -0.25) is 4.79 Å². The van der Waals surface area contributed by atoms with Crippen LogP contribution in [-0.4, -0.2) is 44.4 Å². The summed E-state index contributed by atoms with van der Waals surface area (Å²) in [6.45, 7) is 6.94. The Balaban J connectivity index is 1.66. The van der Waals surface area contributed by atoms with Gasteiger partial charge in [-0.2, -0.15) is 0 Å². The highest BCUT2D eigenvalue weighted by Gasteiger charge is 2.28. The zero-order valence-electron chi connectivity index (χ0n) is 15.7. The van der Waals surface area contributed by atoms with E-state index in [1.807, 2.05) is 0 Å². The lowest BCUT2D eigenvalue weighted by molar-refractivity contribution is -0.113. The number of hydrogen-bond donors (Lipinski definition) is 1. The van der Waals surface area contributed by atoms with Crippen molar-refractivity contribution < 1.29 is 14.3 Å². The van der Waals surface area contributed by atoms with Gasteiger partial charge >= 0.3 is 5.97 Å². The molecule has 10 heteroatoms. The van der Waals surface area contributed by atoms with Crippen LogP contribution < -0.4 is 5.32 Å². The van der Waals surface area contributed by atoms with Gasteiger partial charge < -0.3 is 10.1 Å². The third-order valence-electron chi connectivity index (χ3n) is 4.02. The molecule has 3 rings (SSSR count). The Morgan fingerprint density at radius 2 is 2.19 bits per heavy atom. The van der Waals surface area contributed by atoms with Crippen LogP contribution in [0.3, 0.4) is 0 Å². The van der Waals surface area contributed by atoms with Crippen LogP contribution in [-0.2, 0) is 28.9 Å². The molecule has 1 amide bonds. The minimum atomic E-state index is -0.360. The first-order valence-electron chi connectivity index (χ1n) is 9.00. The van der Waals surface area contributed by atoms with Crippen LogP contribution in [0.25, 0.3) is 0 Å². The number of tetrazole rings is 1. The van der Waals surface area contributed by atoms with Crippen LogP contribution in [0.5, 0.6) is 0 Å². The van der Waals surface area contributed by atoms with E-state index in [-0.39, 0.29) is 17.6 Å². The van der Waals surface area contributed by atoms with Gasteiger partial charge in [-0.05, 0) is 48.1 Å². The molecule has 0 fully saturated rings. The monoisotopic (exact) mass is 409 g/mol. The summed E-state index contributed by atoms with van der Waals surface area (Å²) in [5, 5.41) is 15.7. The van der Waals surface area contributed by atoms with E-state index in [9.17, 15) is 9.59 Å². The molecule has 8 nitrogen and oxygen atoms in total. The summed E-state index contributed by atoms with van der Waals surface area (Å²) in [5.74, 6) is 0.0242. The number of rotatable bonds is 8. The second kappa shape index (κ2) is 8.83. The highest BCUT2D eigenvalue weighted by molar-refractivity contribution is 7.99. The second-order valence-electron chi connectivity index (χ2n) is 6.66. The first-order chi connectivity index (χ1) is 13.0. The minimum absolute atomic E-state index is 0.170. The second-order valence-corrected chi connectivity index (χ2v) is 8.70. The molecule has 0 spiro atoms. The fourth-order valence-corrected chi connectivity index (χ4v) is 4.94. The van der Waals surface area contributed by atoms with Gasteiger partial charge in [0.15, 0.2) is 0 Å². The number of nitrogens with zero attached hydrogens (tertiary/aromatic N) is 4. The molecule has 27 heavy (non-hydrogen) atoms. The van der Waals surface area contributed by atoms with Gasteiger partial charge in [0.2, 0.25) is 11.1 Å². The Morgan fingerprint density at radius 3 is 2.93 bits per heavy atom. The molecule has 1 aliphatic carbocycles. The molecule has 0 aliphatic heterocycles. The van der Waals surface area contributed by atoms with Gasteiger partial charge in [0, 0.05) is 11.4 Å². The largest absolute Gasteiger partial charge is 0.462 e. The molecular weight excluding hydrogens is 386 g/mol. The quantitative estimate of drug-likeness (QED) is 0.529. The zero-order chi connectivity index (χ0) is 19.4. The Kier molecular flexibility index (Phi) is 6.48. The van der Waals surface area contributed by atoms with Crippen LogP contribution in [0.4, 0.5) is 5.00 Å². The van der Waals surface area contributed by atoms with Crippen molar-refractivity contribution in [1.29, 1.82) is 0 Å². The number of amides is 1. The number of carbonyl (C=O) groups excluding carboxylic acids is 2. The maximum absolute atomic E-state index is 12.4. The maximum Gasteiger partial charge on any atom is 0.341 e. The smallest absolute Gasteiger partial charge is 0.341 e. The van der Waals surface area contributed by atoms with Gasteiger partial charge in [-0.25, -0.2) is 9.48 Å². The van der Waals surface area contributed by atoms with Gasteiger partial charge in [-0.15, -0.1) is 16.4 Å². The number of carbonyl (C=O) groups is 2. The predicted molar refractivity (Wildman–Crippen MR) is 104 cm³/mol. The first kappa shape index (κ1) is 19.8. The molecule has 0 radical (unpaired) electrons. The highest BCUT2D eigenvalue weighted by Crippen LogP contribution is 2.39. The van der Waals surface area contributed by atoms with E-state index in [0.29, 0.717) is 34.8 Å². The van der Waals surface area contributed by atoms with E-state index < -0.39 is 0 Å².